The number of urea groups is 1. The maximum atomic E-state index is 14.3. The molecule has 2 rings (SSSR count). The zero-order valence-corrected chi connectivity index (χ0v) is 30.3. The second kappa shape index (κ2) is 17.0. The SMILES string of the molecule is CC(C)[C@H]1CCN(C(=O)[C@@H](NC(=O)N[C@H](C[NH2+]CCCN[SH+](C)=O)C(C)(C)C)C(C)(C)C)[C@@H]1C(=O)NC(CC1CC1)C(=O)C(N)=O. The zero-order valence-electron chi connectivity index (χ0n) is 29.4. The molecular weight excluding hydrogens is 610 g/mol. The van der Waals surface area contributed by atoms with E-state index in [2.05, 4.69) is 26.0 Å². The van der Waals surface area contributed by atoms with Crippen LogP contribution in [0.5, 0.6) is 0 Å². The van der Waals surface area contributed by atoms with Crippen molar-refractivity contribution in [3.63, 3.8) is 0 Å². The molecule has 0 aromatic carbocycles. The van der Waals surface area contributed by atoms with Crippen LogP contribution in [0, 0.1) is 28.6 Å². The fraction of sp³-hybridized carbons (Fsp3) is 0.844. The van der Waals surface area contributed by atoms with E-state index in [-0.39, 0.29) is 35.1 Å². The highest BCUT2D eigenvalue weighted by Crippen LogP contribution is 2.35. The minimum atomic E-state index is -1.38. The number of rotatable bonds is 17. The summed E-state index contributed by atoms with van der Waals surface area (Å²) in [4.78, 5) is 67.4. The monoisotopic (exact) mass is 671 g/mol. The van der Waals surface area contributed by atoms with Crippen molar-refractivity contribution < 1.29 is 33.5 Å². The van der Waals surface area contributed by atoms with Crippen molar-refractivity contribution in [2.75, 3.05) is 32.4 Å². The van der Waals surface area contributed by atoms with Crippen molar-refractivity contribution in [1.82, 2.24) is 25.6 Å². The molecule has 5 amide bonds. The first-order valence-corrected chi connectivity index (χ1v) is 18.4. The highest BCUT2D eigenvalue weighted by Gasteiger charge is 2.48. The van der Waals surface area contributed by atoms with Gasteiger partial charge in [-0.15, -0.1) is 4.72 Å². The predicted molar refractivity (Wildman–Crippen MR) is 180 cm³/mol. The highest BCUT2D eigenvalue weighted by molar-refractivity contribution is 7.82. The Hall–Kier alpha value is -2.58. The number of nitrogens with one attached hydrogen (secondary N) is 4. The van der Waals surface area contributed by atoms with Crippen LogP contribution in [-0.2, 0) is 34.4 Å². The van der Waals surface area contributed by atoms with Gasteiger partial charge in [0.2, 0.25) is 17.6 Å². The van der Waals surface area contributed by atoms with Crippen molar-refractivity contribution >= 4 is 40.5 Å². The van der Waals surface area contributed by atoms with Gasteiger partial charge < -0.3 is 31.9 Å². The zero-order chi connectivity index (χ0) is 35.0. The molecule has 0 bridgehead atoms. The third kappa shape index (κ3) is 12.2. The van der Waals surface area contributed by atoms with Gasteiger partial charge in [0.15, 0.2) is 0 Å². The molecule has 46 heavy (non-hydrogen) atoms. The number of ketones is 1. The number of carbonyl (C=O) groups is 5. The molecule has 1 aliphatic heterocycles. The van der Waals surface area contributed by atoms with Crippen molar-refractivity contribution in [1.29, 1.82) is 0 Å². The van der Waals surface area contributed by atoms with Gasteiger partial charge in [0.25, 0.3) is 5.91 Å². The summed E-state index contributed by atoms with van der Waals surface area (Å²) in [7, 11) is -1.38. The number of hydrogen-bond acceptors (Lipinski definition) is 6. The van der Waals surface area contributed by atoms with E-state index in [1.165, 1.54) is 4.90 Å². The average Bonchev–Trinajstić information content (AvgIpc) is 3.63. The Morgan fingerprint density at radius 3 is 2.09 bits per heavy atom. The fourth-order valence-electron chi connectivity index (χ4n) is 5.99. The van der Waals surface area contributed by atoms with Gasteiger partial charge in [-0.3, -0.25) is 19.2 Å². The molecular formula is C32H61N7O6S+2. The smallest absolute Gasteiger partial charge is 0.315 e. The molecule has 0 aromatic heterocycles. The Kier molecular flexibility index (Phi) is 14.6. The molecule has 1 aliphatic carbocycles. The molecule has 2 fully saturated rings. The van der Waals surface area contributed by atoms with Gasteiger partial charge >= 0.3 is 6.03 Å². The first-order chi connectivity index (χ1) is 21.2. The van der Waals surface area contributed by atoms with Crippen LogP contribution in [0.3, 0.4) is 0 Å². The number of primary amides is 1. The minimum Gasteiger partial charge on any atom is -0.363 e. The Bertz CT molecular complexity index is 1120. The van der Waals surface area contributed by atoms with E-state index in [1.54, 1.807) is 6.26 Å². The Morgan fingerprint density at radius 2 is 1.59 bits per heavy atom. The van der Waals surface area contributed by atoms with Crippen LogP contribution in [0.4, 0.5) is 4.79 Å². The van der Waals surface area contributed by atoms with E-state index < -0.39 is 58.2 Å². The van der Waals surface area contributed by atoms with Gasteiger partial charge in [0.05, 0.1) is 25.2 Å². The van der Waals surface area contributed by atoms with E-state index in [0.717, 1.165) is 25.8 Å². The number of amides is 5. The molecule has 0 radical (unpaired) electrons. The summed E-state index contributed by atoms with van der Waals surface area (Å²) in [5.74, 6) is -2.62. The summed E-state index contributed by atoms with van der Waals surface area (Å²) in [6.07, 6.45) is 5.25. The standard InChI is InChI=1S/C32H59N7O6S/c1-19(2)21-13-16-39(24(21)28(42)36-22(17-20-11-12-20)25(40)27(33)41)29(43)26(32(6,7)8)38-30(44)37-23(31(3,4)5)18-34-14-10-15-35-46(9)45/h19-24,26,34H,10-18H2,1-9H3,(H2,33,41)(H,35,45)(H,36,42)(H2,37,38,44)/p+2/t21-,22?,23-,24+,26-,46?/m1/s1. The quantitative estimate of drug-likeness (QED) is 0.0549. The second-order valence-electron chi connectivity index (χ2n) is 15.5. The van der Waals surface area contributed by atoms with Crippen LogP contribution in [0.2, 0.25) is 0 Å². The molecule has 14 heteroatoms. The number of likely N-dealkylation sites (tertiary alicyclic amines) is 1. The van der Waals surface area contributed by atoms with Crippen LogP contribution >= 0.6 is 0 Å². The Labute approximate surface area is 277 Å². The normalized spacial score (nSPS) is 21.3. The average molecular weight is 672 g/mol. The number of carbonyl (C=O) groups excluding carboxylic acids is 5. The lowest BCUT2D eigenvalue weighted by Crippen LogP contribution is -2.88. The predicted octanol–water partition coefficient (Wildman–Crippen LogP) is 0.111. The molecule has 1 saturated heterocycles. The Balaban J connectivity index is 2.20. The summed E-state index contributed by atoms with van der Waals surface area (Å²) >= 11 is 0. The highest BCUT2D eigenvalue weighted by atomic mass is 32.2. The van der Waals surface area contributed by atoms with Crippen molar-refractivity contribution in [3.05, 3.63) is 0 Å². The van der Waals surface area contributed by atoms with Crippen LogP contribution in [0.25, 0.3) is 0 Å². The van der Waals surface area contributed by atoms with Gasteiger partial charge in [-0.25, -0.2) is 4.79 Å². The molecule has 2 unspecified atom stereocenters. The van der Waals surface area contributed by atoms with E-state index in [1.807, 2.05) is 55.4 Å². The van der Waals surface area contributed by atoms with Crippen molar-refractivity contribution in [3.8, 4) is 0 Å². The van der Waals surface area contributed by atoms with Gasteiger partial charge in [0, 0.05) is 19.5 Å². The maximum Gasteiger partial charge on any atom is 0.315 e. The molecule has 8 N–H and O–H groups in total. The minimum absolute atomic E-state index is 0.0656. The summed E-state index contributed by atoms with van der Waals surface area (Å²) < 4.78 is 14.2. The molecule has 264 valence electrons. The van der Waals surface area contributed by atoms with Gasteiger partial charge in [-0.05, 0) is 41.4 Å². The maximum absolute atomic E-state index is 14.3. The van der Waals surface area contributed by atoms with Gasteiger partial charge in [-0.1, -0.05) is 72.4 Å². The van der Waals surface area contributed by atoms with Crippen molar-refractivity contribution in [2.24, 2.45) is 34.3 Å². The van der Waals surface area contributed by atoms with E-state index in [9.17, 15) is 28.2 Å². The number of quaternary nitrogens is 1. The summed E-state index contributed by atoms with van der Waals surface area (Å²) in [5.41, 5.74) is 4.36. The lowest BCUT2D eigenvalue weighted by molar-refractivity contribution is -0.658. The number of thiol groups is 1. The van der Waals surface area contributed by atoms with E-state index >= 15 is 0 Å². The molecule has 13 nitrogen and oxygen atoms in total. The van der Waals surface area contributed by atoms with Gasteiger partial charge in [-0.2, -0.15) is 0 Å². The number of Topliss-reactive ketones (excluding diaryl/α,β-unsaturated/α-hetero) is 1. The van der Waals surface area contributed by atoms with Crippen LogP contribution < -0.4 is 31.7 Å². The van der Waals surface area contributed by atoms with Crippen molar-refractivity contribution in [2.45, 2.75) is 112 Å². The van der Waals surface area contributed by atoms with Crippen LogP contribution in [-0.4, -0.2) is 91.0 Å². The van der Waals surface area contributed by atoms with Gasteiger partial charge in [0.1, 0.15) is 29.3 Å². The molecule has 0 spiro atoms. The fourth-order valence-corrected chi connectivity index (χ4v) is 6.46. The topological polar surface area (TPSA) is 196 Å². The number of hydrogen-bond donors (Lipinski definition) is 6. The molecule has 1 saturated carbocycles. The molecule has 6 atom stereocenters. The molecule has 0 aromatic rings. The lowest BCUT2D eigenvalue weighted by atomic mass is 9.84. The lowest BCUT2D eigenvalue weighted by Gasteiger charge is -2.37. The number of nitrogens with two attached hydrogens (primary N) is 2. The largest absolute Gasteiger partial charge is 0.363 e. The van der Waals surface area contributed by atoms with E-state index in [4.69, 9.17) is 5.73 Å². The summed E-state index contributed by atoms with van der Waals surface area (Å²) in [5, 5.41) is 10.9. The summed E-state index contributed by atoms with van der Waals surface area (Å²) in [6, 6.07) is -3.50. The molecule has 2 aliphatic rings. The third-order valence-corrected chi connectivity index (χ3v) is 9.72. The Morgan fingerprint density at radius 1 is 0.957 bits per heavy atom. The van der Waals surface area contributed by atoms with Crippen LogP contribution in [0.1, 0.15) is 87.5 Å². The molecule has 1 heterocycles. The number of nitrogens with zero attached hydrogens (tertiary/aromatic N) is 1. The second-order valence-corrected chi connectivity index (χ2v) is 16.9. The van der Waals surface area contributed by atoms with Crippen LogP contribution in [0.15, 0.2) is 0 Å². The first-order valence-electron chi connectivity index (χ1n) is 16.7. The third-order valence-electron chi connectivity index (χ3n) is 9.06. The first kappa shape index (κ1) is 39.6. The summed E-state index contributed by atoms with van der Waals surface area (Å²) in [6.45, 7) is 18.1. The van der Waals surface area contributed by atoms with E-state index in [0.29, 0.717) is 32.5 Å².